The van der Waals surface area contributed by atoms with Crippen LogP contribution < -0.4 is 9.47 Å². The number of aromatic hydroxyl groups is 1. The largest absolute Gasteiger partial charge is 0.504 e. The number of hydrogen-bond acceptors (Lipinski definition) is 5. The molecule has 1 aromatic carbocycles. The lowest BCUT2D eigenvalue weighted by molar-refractivity contribution is 0.00601. The predicted molar refractivity (Wildman–Crippen MR) is 132 cm³/mol. The van der Waals surface area contributed by atoms with E-state index in [9.17, 15) is 18.1 Å². The van der Waals surface area contributed by atoms with Gasteiger partial charge in [0.1, 0.15) is 10.6 Å². The van der Waals surface area contributed by atoms with Gasteiger partial charge in [0.25, 0.3) is 10.1 Å². The van der Waals surface area contributed by atoms with Crippen molar-refractivity contribution in [1.82, 2.24) is 0 Å². The SMILES string of the molecule is CCCc1c(O)c2c(c(S(=O)(=O)O)c1OC)C(C(C)(C)CC(C)(C)C)C(C)(CC(C)C)CO2. The fourth-order valence-corrected chi connectivity index (χ4v) is 7.61. The molecule has 1 aliphatic heterocycles. The molecular formula is C26H44O6S. The highest BCUT2D eigenvalue weighted by atomic mass is 32.2. The second kappa shape index (κ2) is 9.29. The van der Waals surface area contributed by atoms with Gasteiger partial charge in [0.15, 0.2) is 11.5 Å². The molecule has 7 heteroatoms. The maximum absolute atomic E-state index is 12.9. The Bertz CT molecular complexity index is 972. The summed E-state index contributed by atoms with van der Waals surface area (Å²) in [5.74, 6) is 0.142. The summed E-state index contributed by atoms with van der Waals surface area (Å²) in [4.78, 5) is -0.261. The molecule has 190 valence electrons. The molecule has 6 nitrogen and oxygen atoms in total. The fraction of sp³-hybridized carbons (Fsp3) is 0.769. The van der Waals surface area contributed by atoms with Gasteiger partial charge < -0.3 is 14.6 Å². The van der Waals surface area contributed by atoms with Gasteiger partial charge in [-0.25, -0.2) is 0 Å². The highest BCUT2D eigenvalue weighted by Gasteiger charge is 2.53. The Kier molecular flexibility index (Phi) is 7.82. The van der Waals surface area contributed by atoms with Crippen molar-refractivity contribution in [3.63, 3.8) is 0 Å². The lowest BCUT2D eigenvalue weighted by atomic mass is 9.55. The molecule has 2 atom stereocenters. The van der Waals surface area contributed by atoms with Gasteiger partial charge >= 0.3 is 0 Å². The summed E-state index contributed by atoms with van der Waals surface area (Å²) in [5.41, 5.74) is -0.114. The molecule has 0 bridgehead atoms. The lowest BCUT2D eigenvalue weighted by Gasteiger charge is -2.52. The van der Waals surface area contributed by atoms with E-state index in [-0.39, 0.29) is 38.9 Å². The maximum Gasteiger partial charge on any atom is 0.298 e. The number of phenolic OH excluding ortho intramolecular Hbond substituents is 1. The molecule has 0 amide bonds. The topological polar surface area (TPSA) is 93.1 Å². The number of ether oxygens (including phenoxy) is 2. The van der Waals surface area contributed by atoms with Crippen molar-refractivity contribution in [3.05, 3.63) is 11.1 Å². The van der Waals surface area contributed by atoms with Crippen LogP contribution in [-0.4, -0.2) is 31.8 Å². The van der Waals surface area contributed by atoms with Crippen LogP contribution in [0.2, 0.25) is 0 Å². The van der Waals surface area contributed by atoms with E-state index in [1.165, 1.54) is 7.11 Å². The van der Waals surface area contributed by atoms with Crippen LogP contribution >= 0.6 is 0 Å². The summed E-state index contributed by atoms with van der Waals surface area (Å²) in [6.45, 7) is 19.5. The molecule has 1 heterocycles. The monoisotopic (exact) mass is 484 g/mol. The zero-order chi connectivity index (χ0) is 25.6. The molecular weight excluding hydrogens is 440 g/mol. The zero-order valence-corrected chi connectivity index (χ0v) is 22.9. The first-order valence-electron chi connectivity index (χ1n) is 12.0. The van der Waals surface area contributed by atoms with Crippen molar-refractivity contribution in [3.8, 4) is 17.2 Å². The third-order valence-electron chi connectivity index (χ3n) is 6.61. The van der Waals surface area contributed by atoms with Crippen LogP contribution in [0.15, 0.2) is 4.90 Å². The minimum atomic E-state index is -4.68. The third kappa shape index (κ3) is 5.61. The molecule has 0 spiro atoms. The van der Waals surface area contributed by atoms with Crippen molar-refractivity contribution >= 4 is 10.1 Å². The van der Waals surface area contributed by atoms with E-state index < -0.39 is 15.5 Å². The molecule has 1 aromatic rings. The first kappa shape index (κ1) is 27.8. The van der Waals surface area contributed by atoms with Crippen molar-refractivity contribution in [1.29, 1.82) is 0 Å². The molecule has 0 aliphatic carbocycles. The van der Waals surface area contributed by atoms with Gasteiger partial charge in [0.2, 0.25) is 0 Å². The molecule has 2 unspecified atom stereocenters. The standard InChI is InChI=1S/C26H44O6S/c1-11-12-17-19(27)21-18(22(20(17)31-10)33(28,29)30)23(25(7,8)14-24(4,5)6)26(9,15-32-21)13-16(2)3/h16,23,27H,11-15H2,1-10H3,(H,28,29,30). The number of phenols is 1. The highest BCUT2D eigenvalue weighted by molar-refractivity contribution is 7.86. The van der Waals surface area contributed by atoms with E-state index in [4.69, 9.17) is 9.47 Å². The van der Waals surface area contributed by atoms with E-state index in [0.29, 0.717) is 36.5 Å². The first-order valence-corrected chi connectivity index (χ1v) is 13.4. The molecule has 0 saturated heterocycles. The maximum atomic E-state index is 12.9. The van der Waals surface area contributed by atoms with Gasteiger partial charge in [0, 0.05) is 22.5 Å². The van der Waals surface area contributed by atoms with Crippen LogP contribution in [0.5, 0.6) is 17.2 Å². The van der Waals surface area contributed by atoms with Crippen molar-refractivity contribution in [2.75, 3.05) is 13.7 Å². The van der Waals surface area contributed by atoms with Crippen LogP contribution in [0.25, 0.3) is 0 Å². The molecule has 2 rings (SSSR count). The number of methoxy groups -OCH3 is 1. The Morgan fingerprint density at radius 2 is 1.79 bits per heavy atom. The number of fused-ring (bicyclic) bond motifs is 1. The first-order chi connectivity index (χ1) is 14.9. The molecule has 0 fully saturated rings. The summed E-state index contributed by atoms with van der Waals surface area (Å²) in [6, 6.07) is 0. The van der Waals surface area contributed by atoms with Gasteiger partial charge in [-0.1, -0.05) is 68.7 Å². The highest BCUT2D eigenvalue weighted by Crippen LogP contribution is 2.63. The lowest BCUT2D eigenvalue weighted by Crippen LogP contribution is -2.46. The summed E-state index contributed by atoms with van der Waals surface area (Å²) in [6.07, 6.45) is 2.67. The van der Waals surface area contributed by atoms with Gasteiger partial charge in [0.05, 0.1) is 13.7 Å². The second-order valence-corrected chi connectivity index (χ2v) is 13.7. The Morgan fingerprint density at radius 1 is 1.21 bits per heavy atom. The minimum Gasteiger partial charge on any atom is -0.504 e. The fourth-order valence-electron chi connectivity index (χ4n) is 6.68. The van der Waals surface area contributed by atoms with E-state index >= 15 is 0 Å². The van der Waals surface area contributed by atoms with E-state index in [1.54, 1.807) is 0 Å². The summed E-state index contributed by atoms with van der Waals surface area (Å²) >= 11 is 0. The second-order valence-electron chi connectivity index (χ2n) is 12.4. The van der Waals surface area contributed by atoms with Crippen molar-refractivity contribution in [2.45, 2.75) is 98.8 Å². The smallest absolute Gasteiger partial charge is 0.298 e. The Balaban J connectivity index is 3.06. The molecule has 0 aromatic heterocycles. The third-order valence-corrected chi connectivity index (χ3v) is 7.53. The number of hydrogen-bond donors (Lipinski definition) is 2. The molecule has 2 N–H and O–H groups in total. The predicted octanol–water partition coefficient (Wildman–Crippen LogP) is 6.59. The normalized spacial score (nSPS) is 21.6. The zero-order valence-electron chi connectivity index (χ0n) is 22.1. The minimum absolute atomic E-state index is 0.0181. The molecule has 1 aliphatic rings. The number of rotatable bonds is 8. The van der Waals surface area contributed by atoms with Gasteiger partial charge in [-0.15, -0.1) is 0 Å². The van der Waals surface area contributed by atoms with Gasteiger partial charge in [-0.05, 0) is 36.0 Å². The Morgan fingerprint density at radius 3 is 2.21 bits per heavy atom. The van der Waals surface area contributed by atoms with Crippen LogP contribution in [0, 0.1) is 22.2 Å². The van der Waals surface area contributed by atoms with Crippen LogP contribution in [0.3, 0.4) is 0 Å². The van der Waals surface area contributed by atoms with Crippen LogP contribution in [0.1, 0.15) is 98.6 Å². The van der Waals surface area contributed by atoms with E-state index in [0.717, 1.165) is 12.8 Å². The van der Waals surface area contributed by atoms with Crippen molar-refractivity contribution in [2.24, 2.45) is 22.2 Å². The quantitative estimate of drug-likeness (QED) is 0.404. The van der Waals surface area contributed by atoms with E-state index in [2.05, 4.69) is 55.4 Å². The van der Waals surface area contributed by atoms with E-state index in [1.807, 2.05) is 6.92 Å². The Hall–Kier alpha value is -1.47. The van der Waals surface area contributed by atoms with Crippen molar-refractivity contribution < 1.29 is 27.6 Å². The summed E-state index contributed by atoms with van der Waals surface area (Å²) < 4.78 is 48.0. The number of benzene rings is 1. The van der Waals surface area contributed by atoms with Gasteiger partial charge in [-0.2, -0.15) is 8.42 Å². The summed E-state index contributed by atoms with van der Waals surface area (Å²) in [7, 11) is -3.30. The molecule has 33 heavy (non-hydrogen) atoms. The van der Waals surface area contributed by atoms with Gasteiger partial charge in [-0.3, -0.25) is 4.55 Å². The Labute approximate surface area is 200 Å². The average molecular weight is 485 g/mol. The molecule has 0 radical (unpaired) electrons. The summed E-state index contributed by atoms with van der Waals surface area (Å²) in [5, 5.41) is 11.3. The van der Waals surface area contributed by atoms with Crippen LogP contribution in [0.4, 0.5) is 0 Å². The van der Waals surface area contributed by atoms with Crippen LogP contribution in [-0.2, 0) is 16.5 Å². The molecule has 0 saturated carbocycles. The average Bonchev–Trinajstić information content (AvgIpc) is 2.59.